The van der Waals surface area contributed by atoms with Crippen LogP contribution in [0.4, 0.5) is 0 Å². The van der Waals surface area contributed by atoms with Crippen LogP contribution >= 0.6 is 11.6 Å². The van der Waals surface area contributed by atoms with Gasteiger partial charge in [0.15, 0.2) is 5.65 Å². The number of fused-ring (bicyclic) bond motifs is 1. The predicted molar refractivity (Wildman–Crippen MR) is 81.4 cm³/mol. The van der Waals surface area contributed by atoms with Gasteiger partial charge in [-0.15, -0.1) is 11.6 Å². The maximum atomic E-state index is 6.34. The van der Waals surface area contributed by atoms with Crippen molar-refractivity contribution in [2.75, 3.05) is 13.7 Å². The van der Waals surface area contributed by atoms with Gasteiger partial charge in [-0.2, -0.15) is 5.10 Å². The zero-order valence-electron chi connectivity index (χ0n) is 13.1. The van der Waals surface area contributed by atoms with Crippen LogP contribution in [0, 0.1) is 6.92 Å². The number of methoxy groups -OCH3 is 1. The molecule has 0 aliphatic carbocycles. The van der Waals surface area contributed by atoms with Gasteiger partial charge in [0, 0.05) is 13.7 Å². The molecule has 0 aliphatic rings. The summed E-state index contributed by atoms with van der Waals surface area (Å²) in [4.78, 5) is 4.72. The lowest BCUT2D eigenvalue weighted by atomic mass is 10.1. The fourth-order valence-corrected chi connectivity index (χ4v) is 2.83. The molecule has 6 heteroatoms. The third-order valence-electron chi connectivity index (χ3n) is 3.50. The van der Waals surface area contributed by atoms with Crippen LogP contribution in [0.15, 0.2) is 0 Å². The maximum absolute atomic E-state index is 6.34. The molecular formula is C14H23ClN4O. The van der Waals surface area contributed by atoms with Crippen molar-refractivity contribution in [2.45, 2.75) is 52.1 Å². The number of ether oxygens (including phenoxy) is 1. The number of imidazole rings is 1. The Hall–Kier alpha value is -1.07. The molecule has 5 nitrogen and oxygen atoms in total. The molecule has 0 spiro atoms. The SMILES string of the molecule is CCn1nc(C)c2nc(C(C)Cl)n(C(C)(C)COC)c21. The van der Waals surface area contributed by atoms with E-state index in [4.69, 9.17) is 21.3 Å². The van der Waals surface area contributed by atoms with Crippen LogP contribution in [0.25, 0.3) is 11.2 Å². The lowest BCUT2D eigenvalue weighted by Gasteiger charge is -2.29. The smallest absolute Gasteiger partial charge is 0.159 e. The first-order valence-electron chi connectivity index (χ1n) is 6.92. The minimum Gasteiger partial charge on any atom is -0.382 e. The van der Waals surface area contributed by atoms with E-state index in [1.54, 1.807) is 7.11 Å². The van der Waals surface area contributed by atoms with Crippen molar-refractivity contribution < 1.29 is 4.74 Å². The molecule has 1 atom stereocenters. The standard InChI is InChI=1S/C14H23ClN4O/c1-7-18-13-11(10(3)17-18)16-12(9(2)15)19(13)14(4,5)8-20-6/h9H,7-8H2,1-6H3. The average molecular weight is 299 g/mol. The summed E-state index contributed by atoms with van der Waals surface area (Å²) in [7, 11) is 1.71. The van der Waals surface area contributed by atoms with E-state index >= 15 is 0 Å². The van der Waals surface area contributed by atoms with Gasteiger partial charge in [-0.25, -0.2) is 9.67 Å². The average Bonchev–Trinajstić information content (AvgIpc) is 2.88. The Balaban J connectivity index is 2.80. The molecule has 2 aromatic heterocycles. The molecule has 0 aliphatic heterocycles. The zero-order valence-corrected chi connectivity index (χ0v) is 13.8. The van der Waals surface area contributed by atoms with Crippen molar-refractivity contribution in [3.63, 3.8) is 0 Å². The fraction of sp³-hybridized carbons (Fsp3) is 0.714. The summed E-state index contributed by atoms with van der Waals surface area (Å²) in [5.74, 6) is 0.867. The quantitative estimate of drug-likeness (QED) is 0.796. The number of aromatic nitrogens is 4. The summed E-state index contributed by atoms with van der Waals surface area (Å²) < 4.78 is 9.53. The minimum absolute atomic E-state index is 0.164. The third-order valence-corrected chi connectivity index (χ3v) is 3.69. The van der Waals surface area contributed by atoms with Gasteiger partial charge in [0.05, 0.1) is 23.2 Å². The van der Waals surface area contributed by atoms with Crippen molar-refractivity contribution in [3.8, 4) is 0 Å². The van der Waals surface area contributed by atoms with Crippen LogP contribution in [0.1, 0.15) is 44.6 Å². The molecule has 0 bridgehead atoms. The third kappa shape index (κ3) is 2.33. The second-order valence-corrected chi connectivity index (χ2v) is 6.39. The number of rotatable bonds is 5. The van der Waals surface area contributed by atoms with E-state index in [0.29, 0.717) is 6.61 Å². The summed E-state index contributed by atoms with van der Waals surface area (Å²) in [6, 6.07) is 0. The van der Waals surface area contributed by atoms with Crippen LogP contribution in [0.3, 0.4) is 0 Å². The Morgan fingerprint density at radius 1 is 1.40 bits per heavy atom. The van der Waals surface area contributed by atoms with Gasteiger partial charge in [-0.3, -0.25) is 0 Å². The van der Waals surface area contributed by atoms with Gasteiger partial charge < -0.3 is 9.30 Å². The van der Waals surface area contributed by atoms with Crippen molar-refractivity contribution in [2.24, 2.45) is 0 Å². The second kappa shape index (κ2) is 5.37. The van der Waals surface area contributed by atoms with E-state index in [9.17, 15) is 0 Å². The molecule has 112 valence electrons. The van der Waals surface area contributed by atoms with Crippen molar-refractivity contribution in [1.29, 1.82) is 0 Å². The van der Waals surface area contributed by atoms with Crippen LogP contribution in [-0.4, -0.2) is 33.0 Å². The molecule has 0 N–H and O–H groups in total. The van der Waals surface area contributed by atoms with Crippen LogP contribution < -0.4 is 0 Å². The molecule has 20 heavy (non-hydrogen) atoms. The monoisotopic (exact) mass is 298 g/mol. The summed E-state index contributed by atoms with van der Waals surface area (Å²) in [6.45, 7) is 11.7. The number of alkyl halides is 1. The molecule has 0 saturated heterocycles. The summed E-state index contributed by atoms with van der Waals surface area (Å²) in [6.07, 6.45) is 0. The van der Waals surface area contributed by atoms with Crippen molar-refractivity contribution in [3.05, 3.63) is 11.5 Å². The number of nitrogens with zero attached hydrogens (tertiary/aromatic N) is 4. The first-order valence-corrected chi connectivity index (χ1v) is 7.36. The maximum Gasteiger partial charge on any atom is 0.159 e. The molecule has 1 unspecified atom stereocenters. The Morgan fingerprint density at radius 3 is 2.55 bits per heavy atom. The molecule has 0 aromatic carbocycles. The topological polar surface area (TPSA) is 44.9 Å². The normalized spacial score (nSPS) is 14.2. The predicted octanol–water partition coefficient (Wildman–Crippen LogP) is 3.24. The highest BCUT2D eigenvalue weighted by Gasteiger charge is 2.30. The molecule has 2 aromatic rings. The van der Waals surface area contributed by atoms with Gasteiger partial charge in [0.1, 0.15) is 11.3 Å². The van der Waals surface area contributed by atoms with E-state index in [0.717, 1.165) is 29.2 Å². The molecule has 0 amide bonds. The van der Waals surface area contributed by atoms with E-state index in [1.807, 2.05) is 18.5 Å². The van der Waals surface area contributed by atoms with Crippen molar-refractivity contribution in [1.82, 2.24) is 19.3 Å². The lowest BCUT2D eigenvalue weighted by Crippen LogP contribution is -2.34. The van der Waals surface area contributed by atoms with E-state index in [2.05, 4.69) is 30.4 Å². The molecule has 2 heterocycles. The highest BCUT2D eigenvalue weighted by atomic mass is 35.5. The minimum atomic E-state index is -0.235. The number of hydrogen-bond donors (Lipinski definition) is 0. The summed E-state index contributed by atoms with van der Waals surface area (Å²) >= 11 is 6.34. The molecule has 0 fully saturated rings. The van der Waals surface area contributed by atoms with Crippen LogP contribution in [0.5, 0.6) is 0 Å². The lowest BCUT2D eigenvalue weighted by molar-refractivity contribution is 0.109. The van der Waals surface area contributed by atoms with Crippen LogP contribution in [-0.2, 0) is 16.8 Å². The second-order valence-electron chi connectivity index (χ2n) is 5.74. The molecule has 2 rings (SSSR count). The Bertz CT molecular complexity index is 612. The zero-order chi connectivity index (χ0) is 15.1. The highest BCUT2D eigenvalue weighted by Crippen LogP contribution is 2.32. The summed E-state index contributed by atoms with van der Waals surface area (Å²) in [5, 5.41) is 4.39. The number of halogens is 1. The van der Waals surface area contributed by atoms with Gasteiger partial charge in [-0.1, -0.05) is 0 Å². The first kappa shape index (κ1) is 15.3. The van der Waals surface area contributed by atoms with Crippen molar-refractivity contribution >= 4 is 22.8 Å². The Morgan fingerprint density at radius 2 is 2.05 bits per heavy atom. The highest BCUT2D eigenvalue weighted by molar-refractivity contribution is 6.20. The molecule has 0 saturated carbocycles. The fourth-order valence-electron chi connectivity index (χ4n) is 2.69. The van der Waals surface area contributed by atoms with E-state index < -0.39 is 0 Å². The molecular weight excluding hydrogens is 276 g/mol. The van der Waals surface area contributed by atoms with Gasteiger partial charge >= 0.3 is 0 Å². The Labute approximate surface area is 124 Å². The number of hydrogen-bond acceptors (Lipinski definition) is 3. The van der Waals surface area contributed by atoms with Gasteiger partial charge in [0.25, 0.3) is 0 Å². The van der Waals surface area contributed by atoms with E-state index in [-0.39, 0.29) is 10.9 Å². The summed E-state index contributed by atoms with van der Waals surface area (Å²) in [5.41, 5.74) is 2.65. The Kier molecular flexibility index (Phi) is 4.12. The van der Waals surface area contributed by atoms with Gasteiger partial charge in [-0.05, 0) is 34.6 Å². The largest absolute Gasteiger partial charge is 0.382 e. The van der Waals surface area contributed by atoms with Gasteiger partial charge in [0.2, 0.25) is 0 Å². The van der Waals surface area contributed by atoms with Crippen LogP contribution in [0.2, 0.25) is 0 Å². The molecule has 0 radical (unpaired) electrons. The number of aryl methyl sites for hydroxylation is 2. The van der Waals surface area contributed by atoms with E-state index in [1.165, 1.54) is 0 Å². The first-order chi connectivity index (χ1) is 9.33.